The molecule has 0 saturated heterocycles. The van der Waals surface area contributed by atoms with Crippen molar-refractivity contribution in [3.63, 3.8) is 0 Å². The second-order valence-electron chi connectivity index (χ2n) is 4.97. The zero-order chi connectivity index (χ0) is 14.1. The van der Waals surface area contributed by atoms with Gasteiger partial charge in [-0.25, -0.2) is 0 Å². The molecule has 0 spiro atoms. The van der Waals surface area contributed by atoms with Crippen LogP contribution in [0.3, 0.4) is 0 Å². The molecule has 4 nitrogen and oxygen atoms in total. The molecule has 4 heteroatoms. The van der Waals surface area contributed by atoms with Crippen molar-refractivity contribution < 1.29 is 4.42 Å². The molecule has 2 N–H and O–H groups in total. The van der Waals surface area contributed by atoms with Crippen LogP contribution in [0.15, 0.2) is 27.8 Å². The molecule has 0 saturated carbocycles. The number of furan rings is 1. The summed E-state index contributed by atoms with van der Waals surface area (Å²) in [5.41, 5.74) is 0. The molecule has 108 valence electrons. The summed E-state index contributed by atoms with van der Waals surface area (Å²) in [6, 6.07) is 4.76. The van der Waals surface area contributed by atoms with Crippen LogP contribution in [0.1, 0.15) is 46.3 Å². The van der Waals surface area contributed by atoms with Crippen LogP contribution in [0.25, 0.3) is 0 Å². The molecule has 2 unspecified atom stereocenters. The third-order valence-electron chi connectivity index (χ3n) is 3.20. The summed E-state index contributed by atoms with van der Waals surface area (Å²) in [6.45, 7) is 9.40. The number of hydrogen-bond donors (Lipinski definition) is 2. The lowest BCUT2D eigenvalue weighted by atomic mass is 10.2. The van der Waals surface area contributed by atoms with E-state index < -0.39 is 0 Å². The lowest BCUT2D eigenvalue weighted by Crippen LogP contribution is -2.45. The van der Waals surface area contributed by atoms with Crippen LogP contribution in [0, 0.1) is 0 Å². The molecule has 0 fully saturated rings. The Labute approximate surface area is 116 Å². The molecule has 1 rings (SSSR count). The van der Waals surface area contributed by atoms with E-state index in [-0.39, 0.29) is 0 Å². The van der Waals surface area contributed by atoms with Gasteiger partial charge < -0.3 is 15.1 Å². The number of nitrogens with one attached hydrogen (secondary N) is 2. The largest absolute Gasteiger partial charge is 0.469 e. The van der Waals surface area contributed by atoms with Crippen molar-refractivity contribution in [1.29, 1.82) is 0 Å². The quantitative estimate of drug-likeness (QED) is 0.588. The molecule has 0 radical (unpaired) electrons. The summed E-state index contributed by atoms with van der Waals surface area (Å²) in [5.74, 6) is 1.88. The summed E-state index contributed by atoms with van der Waals surface area (Å²) in [7, 11) is 0. The Morgan fingerprint density at radius 3 is 2.32 bits per heavy atom. The molecule has 0 aliphatic heterocycles. The number of nitrogens with zero attached hydrogens (tertiary/aromatic N) is 1. The van der Waals surface area contributed by atoms with Gasteiger partial charge >= 0.3 is 0 Å². The fourth-order valence-corrected chi connectivity index (χ4v) is 1.54. The third kappa shape index (κ3) is 6.32. The fraction of sp³-hybridized carbons (Fsp3) is 0.667. The van der Waals surface area contributed by atoms with E-state index in [9.17, 15) is 0 Å². The maximum Gasteiger partial charge on any atom is 0.191 e. The fourth-order valence-electron chi connectivity index (χ4n) is 1.54. The molecule has 1 aromatic rings. The van der Waals surface area contributed by atoms with E-state index in [2.05, 4.69) is 43.3 Å². The Balaban J connectivity index is 2.50. The lowest BCUT2D eigenvalue weighted by molar-refractivity contribution is 0.510. The average Bonchev–Trinajstić information content (AvgIpc) is 2.91. The molecular weight excluding hydrogens is 238 g/mol. The van der Waals surface area contributed by atoms with Gasteiger partial charge in [0.1, 0.15) is 5.76 Å². The van der Waals surface area contributed by atoms with E-state index in [0.29, 0.717) is 12.1 Å². The third-order valence-corrected chi connectivity index (χ3v) is 3.20. The minimum atomic E-state index is 0.430. The number of guanidine groups is 1. The maximum absolute atomic E-state index is 5.31. The van der Waals surface area contributed by atoms with E-state index >= 15 is 0 Å². The van der Waals surface area contributed by atoms with Crippen LogP contribution in [-0.2, 0) is 6.42 Å². The highest BCUT2D eigenvalue weighted by atomic mass is 16.3. The normalized spacial score (nSPS) is 13.7. The second-order valence-corrected chi connectivity index (χ2v) is 4.97. The summed E-state index contributed by atoms with van der Waals surface area (Å²) >= 11 is 0. The van der Waals surface area contributed by atoms with E-state index in [4.69, 9.17) is 4.42 Å². The zero-order valence-corrected chi connectivity index (χ0v) is 12.6. The molecule has 0 aromatic carbocycles. The molecule has 0 aliphatic rings. The minimum absolute atomic E-state index is 0.430. The molecule has 0 bridgehead atoms. The van der Waals surface area contributed by atoms with Crippen molar-refractivity contribution in [3.8, 4) is 0 Å². The Kier molecular flexibility index (Phi) is 7.08. The SMILES string of the molecule is CCC(C)NC(=NCCc1ccco1)NC(C)CC. The van der Waals surface area contributed by atoms with Crippen molar-refractivity contribution in [2.24, 2.45) is 4.99 Å². The number of hydrogen-bond acceptors (Lipinski definition) is 2. The maximum atomic E-state index is 5.31. The average molecular weight is 265 g/mol. The molecule has 0 aliphatic carbocycles. The Morgan fingerprint density at radius 2 is 1.84 bits per heavy atom. The molecule has 0 amide bonds. The molecular formula is C15H27N3O. The van der Waals surface area contributed by atoms with Crippen molar-refractivity contribution in [2.75, 3.05) is 6.54 Å². The first-order chi connectivity index (χ1) is 9.15. The molecule has 19 heavy (non-hydrogen) atoms. The number of aliphatic imine (C=N–C) groups is 1. The van der Waals surface area contributed by atoms with Crippen LogP contribution in [0.2, 0.25) is 0 Å². The Hall–Kier alpha value is -1.45. The standard InChI is InChI=1S/C15H27N3O/c1-5-12(3)17-15(18-13(4)6-2)16-10-9-14-8-7-11-19-14/h7-8,11-13H,5-6,9-10H2,1-4H3,(H2,16,17,18). The van der Waals surface area contributed by atoms with E-state index in [0.717, 1.165) is 37.5 Å². The summed E-state index contributed by atoms with van der Waals surface area (Å²) in [6.07, 6.45) is 4.70. The van der Waals surface area contributed by atoms with Gasteiger partial charge in [0.25, 0.3) is 0 Å². The van der Waals surface area contributed by atoms with Crippen LogP contribution >= 0.6 is 0 Å². The van der Waals surface area contributed by atoms with Crippen LogP contribution in [0.5, 0.6) is 0 Å². The summed E-state index contributed by atoms with van der Waals surface area (Å²) in [5, 5.41) is 6.84. The second kappa shape index (κ2) is 8.62. The predicted octanol–water partition coefficient (Wildman–Crippen LogP) is 2.95. The van der Waals surface area contributed by atoms with Crippen molar-refractivity contribution in [1.82, 2.24) is 10.6 Å². The van der Waals surface area contributed by atoms with Crippen LogP contribution in [-0.4, -0.2) is 24.6 Å². The highest BCUT2D eigenvalue weighted by Gasteiger charge is 2.06. The molecule has 1 aromatic heterocycles. The van der Waals surface area contributed by atoms with Crippen molar-refractivity contribution in [3.05, 3.63) is 24.2 Å². The molecule has 1 heterocycles. The lowest BCUT2D eigenvalue weighted by Gasteiger charge is -2.20. The van der Waals surface area contributed by atoms with E-state index in [1.807, 2.05) is 12.1 Å². The zero-order valence-electron chi connectivity index (χ0n) is 12.6. The summed E-state index contributed by atoms with van der Waals surface area (Å²) < 4.78 is 5.31. The highest BCUT2D eigenvalue weighted by molar-refractivity contribution is 5.80. The van der Waals surface area contributed by atoms with Crippen LogP contribution in [0.4, 0.5) is 0 Å². The van der Waals surface area contributed by atoms with E-state index in [1.54, 1.807) is 6.26 Å². The Morgan fingerprint density at radius 1 is 1.21 bits per heavy atom. The highest BCUT2D eigenvalue weighted by Crippen LogP contribution is 2.01. The van der Waals surface area contributed by atoms with Gasteiger partial charge in [0.05, 0.1) is 6.26 Å². The minimum Gasteiger partial charge on any atom is -0.469 e. The van der Waals surface area contributed by atoms with Crippen molar-refractivity contribution >= 4 is 5.96 Å². The van der Waals surface area contributed by atoms with Gasteiger partial charge in [-0.1, -0.05) is 13.8 Å². The smallest absolute Gasteiger partial charge is 0.191 e. The molecule has 2 atom stereocenters. The van der Waals surface area contributed by atoms with E-state index in [1.165, 1.54) is 0 Å². The first-order valence-corrected chi connectivity index (χ1v) is 7.25. The number of rotatable bonds is 7. The van der Waals surface area contributed by atoms with Gasteiger partial charge in [-0.15, -0.1) is 0 Å². The summed E-state index contributed by atoms with van der Waals surface area (Å²) in [4.78, 5) is 4.61. The van der Waals surface area contributed by atoms with Gasteiger partial charge in [-0.05, 0) is 38.8 Å². The van der Waals surface area contributed by atoms with Gasteiger partial charge in [0, 0.05) is 25.0 Å². The van der Waals surface area contributed by atoms with Gasteiger partial charge in [-0.3, -0.25) is 4.99 Å². The predicted molar refractivity (Wildman–Crippen MR) is 80.5 cm³/mol. The first-order valence-electron chi connectivity index (χ1n) is 7.25. The topological polar surface area (TPSA) is 49.6 Å². The van der Waals surface area contributed by atoms with Gasteiger partial charge in [0.15, 0.2) is 5.96 Å². The van der Waals surface area contributed by atoms with Gasteiger partial charge in [-0.2, -0.15) is 0 Å². The monoisotopic (exact) mass is 265 g/mol. The van der Waals surface area contributed by atoms with Crippen molar-refractivity contribution in [2.45, 2.75) is 59.0 Å². The Bertz CT molecular complexity index is 345. The first kappa shape index (κ1) is 15.6. The van der Waals surface area contributed by atoms with Gasteiger partial charge in [0.2, 0.25) is 0 Å². The van der Waals surface area contributed by atoms with Crippen LogP contribution < -0.4 is 10.6 Å².